The summed E-state index contributed by atoms with van der Waals surface area (Å²) in [5.41, 5.74) is 2.29. The topological polar surface area (TPSA) is 88.7 Å². The molecule has 2 heterocycles. The Hall–Kier alpha value is -2.32. The second-order valence-corrected chi connectivity index (χ2v) is 9.89. The molecule has 0 spiro atoms. The zero-order chi connectivity index (χ0) is 23.6. The lowest BCUT2D eigenvalue weighted by Gasteiger charge is -2.30. The standard InChI is InChI=1S/C25H42N6O2/c1-19-6-4-12-30(17-19)14-10-26-24(32)28-22-9-8-21(3)23(16-22)29-25(33)27-11-15-31-13-5-7-20(2)18-31/h8-9,16,19-20H,4-7,10-15,17-18H2,1-3H3,(H2,26,28,32)(H2,27,29,33). The maximum absolute atomic E-state index is 12.4. The minimum absolute atomic E-state index is 0.222. The zero-order valence-electron chi connectivity index (χ0n) is 20.6. The molecule has 0 saturated carbocycles. The zero-order valence-corrected chi connectivity index (χ0v) is 20.6. The summed E-state index contributed by atoms with van der Waals surface area (Å²) in [6, 6.07) is 5.10. The molecular weight excluding hydrogens is 416 g/mol. The minimum atomic E-state index is -0.227. The molecule has 2 aliphatic rings. The fourth-order valence-electron chi connectivity index (χ4n) is 4.81. The number of carbonyl (C=O) groups is 2. The molecule has 0 aliphatic carbocycles. The van der Waals surface area contributed by atoms with Gasteiger partial charge in [-0.15, -0.1) is 0 Å². The number of likely N-dealkylation sites (tertiary alicyclic amines) is 2. The number of piperidine rings is 2. The minimum Gasteiger partial charge on any atom is -0.337 e. The van der Waals surface area contributed by atoms with Crippen LogP contribution in [0.15, 0.2) is 18.2 Å². The molecule has 184 valence electrons. The molecular formula is C25H42N6O2. The van der Waals surface area contributed by atoms with E-state index in [1.807, 2.05) is 19.1 Å². The monoisotopic (exact) mass is 458 g/mol. The first kappa shape index (κ1) is 25.3. The van der Waals surface area contributed by atoms with Crippen LogP contribution in [-0.4, -0.2) is 74.2 Å². The molecule has 2 saturated heterocycles. The van der Waals surface area contributed by atoms with Gasteiger partial charge >= 0.3 is 12.1 Å². The predicted molar refractivity (Wildman–Crippen MR) is 135 cm³/mol. The number of hydrogen-bond donors (Lipinski definition) is 4. The Labute approximate surface area is 198 Å². The van der Waals surface area contributed by atoms with Crippen LogP contribution in [-0.2, 0) is 0 Å². The highest BCUT2D eigenvalue weighted by molar-refractivity contribution is 5.93. The van der Waals surface area contributed by atoms with Crippen LogP contribution in [0.4, 0.5) is 21.0 Å². The lowest BCUT2D eigenvalue weighted by atomic mass is 10.0. The molecule has 1 aromatic rings. The molecule has 3 rings (SSSR count). The summed E-state index contributed by atoms with van der Waals surface area (Å²) in [6.07, 6.45) is 5.06. The molecule has 0 bridgehead atoms. The van der Waals surface area contributed by atoms with Crippen LogP contribution in [0.2, 0.25) is 0 Å². The average molecular weight is 459 g/mol. The summed E-state index contributed by atoms with van der Waals surface area (Å²) in [6.45, 7) is 13.9. The van der Waals surface area contributed by atoms with Crippen molar-refractivity contribution < 1.29 is 9.59 Å². The van der Waals surface area contributed by atoms with Crippen molar-refractivity contribution in [2.45, 2.75) is 46.5 Å². The van der Waals surface area contributed by atoms with Gasteiger partial charge in [0.25, 0.3) is 0 Å². The molecule has 0 aromatic heterocycles. The summed E-state index contributed by atoms with van der Waals surface area (Å²) in [4.78, 5) is 29.5. The Bertz CT molecular complexity index is 786. The molecule has 4 N–H and O–H groups in total. The molecule has 8 heteroatoms. The van der Waals surface area contributed by atoms with Crippen molar-refractivity contribution in [3.05, 3.63) is 23.8 Å². The van der Waals surface area contributed by atoms with Gasteiger partial charge in [0.1, 0.15) is 0 Å². The molecule has 0 radical (unpaired) electrons. The highest BCUT2D eigenvalue weighted by atomic mass is 16.2. The second-order valence-electron chi connectivity index (χ2n) is 9.89. The lowest BCUT2D eigenvalue weighted by molar-refractivity contribution is 0.184. The van der Waals surface area contributed by atoms with Crippen LogP contribution < -0.4 is 21.3 Å². The van der Waals surface area contributed by atoms with E-state index in [1.54, 1.807) is 6.07 Å². The molecule has 2 aliphatic heterocycles. The van der Waals surface area contributed by atoms with Crippen LogP contribution >= 0.6 is 0 Å². The van der Waals surface area contributed by atoms with Gasteiger partial charge in [-0.3, -0.25) is 0 Å². The van der Waals surface area contributed by atoms with Gasteiger partial charge in [0.15, 0.2) is 0 Å². The molecule has 2 fully saturated rings. The van der Waals surface area contributed by atoms with E-state index in [1.165, 1.54) is 25.7 Å². The van der Waals surface area contributed by atoms with Crippen molar-refractivity contribution in [1.82, 2.24) is 20.4 Å². The Kier molecular flexibility index (Phi) is 9.81. The van der Waals surface area contributed by atoms with E-state index >= 15 is 0 Å². The second kappa shape index (κ2) is 12.8. The number of benzene rings is 1. The number of anilines is 2. The number of nitrogens with one attached hydrogen (secondary N) is 4. The molecule has 4 amide bonds. The van der Waals surface area contributed by atoms with Crippen molar-refractivity contribution in [3.8, 4) is 0 Å². The Morgan fingerprint density at radius 3 is 1.97 bits per heavy atom. The van der Waals surface area contributed by atoms with Crippen LogP contribution in [0.25, 0.3) is 0 Å². The van der Waals surface area contributed by atoms with E-state index in [4.69, 9.17) is 0 Å². The van der Waals surface area contributed by atoms with Gasteiger partial charge in [-0.1, -0.05) is 19.9 Å². The highest BCUT2D eigenvalue weighted by Crippen LogP contribution is 2.20. The first-order valence-electron chi connectivity index (χ1n) is 12.5. The summed E-state index contributed by atoms with van der Waals surface area (Å²) >= 11 is 0. The number of amides is 4. The van der Waals surface area contributed by atoms with Gasteiger partial charge in [0.05, 0.1) is 0 Å². The smallest absolute Gasteiger partial charge is 0.319 e. The number of nitrogens with zero attached hydrogens (tertiary/aromatic N) is 2. The average Bonchev–Trinajstić information content (AvgIpc) is 2.76. The fourth-order valence-corrected chi connectivity index (χ4v) is 4.81. The molecule has 1 aromatic carbocycles. The third-order valence-corrected chi connectivity index (χ3v) is 6.65. The molecule has 2 atom stereocenters. The SMILES string of the molecule is Cc1ccc(NC(=O)NCCN2CCCC(C)C2)cc1NC(=O)NCCN1CCCC(C)C1. The van der Waals surface area contributed by atoms with E-state index in [2.05, 4.69) is 44.9 Å². The van der Waals surface area contributed by atoms with Gasteiger partial charge in [-0.25, -0.2) is 9.59 Å². The number of hydrogen-bond acceptors (Lipinski definition) is 4. The first-order chi connectivity index (χ1) is 15.9. The van der Waals surface area contributed by atoms with E-state index in [-0.39, 0.29) is 12.1 Å². The molecule has 2 unspecified atom stereocenters. The summed E-state index contributed by atoms with van der Waals surface area (Å²) in [7, 11) is 0. The van der Waals surface area contributed by atoms with Crippen LogP contribution in [0.1, 0.15) is 45.1 Å². The van der Waals surface area contributed by atoms with E-state index in [0.717, 1.165) is 56.7 Å². The number of urea groups is 2. The number of carbonyl (C=O) groups excluding carboxylic acids is 2. The van der Waals surface area contributed by atoms with Crippen LogP contribution in [0, 0.1) is 18.8 Å². The van der Waals surface area contributed by atoms with Gasteiger partial charge < -0.3 is 31.1 Å². The van der Waals surface area contributed by atoms with Crippen LogP contribution in [0.5, 0.6) is 0 Å². The maximum atomic E-state index is 12.4. The summed E-state index contributed by atoms with van der Waals surface area (Å²) in [5, 5.41) is 11.7. The van der Waals surface area contributed by atoms with Gasteiger partial charge in [0.2, 0.25) is 0 Å². The lowest BCUT2D eigenvalue weighted by Crippen LogP contribution is -2.41. The van der Waals surface area contributed by atoms with E-state index in [0.29, 0.717) is 24.5 Å². The highest BCUT2D eigenvalue weighted by Gasteiger charge is 2.17. The Morgan fingerprint density at radius 1 is 0.879 bits per heavy atom. The van der Waals surface area contributed by atoms with Crippen molar-refractivity contribution in [3.63, 3.8) is 0 Å². The summed E-state index contributed by atoms with van der Waals surface area (Å²) in [5.74, 6) is 1.47. The van der Waals surface area contributed by atoms with Gasteiger partial charge in [-0.2, -0.15) is 0 Å². The maximum Gasteiger partial charge on any atom is 0.319 e. The van der Waals surface area contributed by atoms with Gasteiger partial charge in [-0.05, 0) is 75.2 Å². The number of aryl methyl sites for hydroxylation is 1. The fraction of sp³-hybridized carbons (Fsp3) is 0.680. The summed E-state index contributed by atoms with van der Waals surface area (Å²) < 4.78 is 0. The van der Waals surface area contributed by atoms with Crippen molar-refractivity contribution in [2.24, 2.45) is 11.8 Å². The first-order valence-corrected chi connectivity index (χ1v) is 12.5. The Morgan fingerprint density at radius 2 is 1.42 bits per heavy atom. The Balaban J connectivity index is 1.38. The third-order valence-electron chi connectivity index (χ3n) is 6.65. The van der Waals surface area contributed by atoms with E-state index < -0.39 is 0 Å². The van der Waals surface area contributed by atoms with Gasteiger partial charge in [0, 0.05) is 50.6 Å². The van der Waals surface area contributed by atoms with Crippen molar-refractivity contribution in [1.29, 1.82) is 0 Å². The number of rotatable bonds is 8. The van der Waals surface area contributed by atoms with E-state index in [9.17, 15) is 9.59 Å². The van der Waals surface area contributed by atoms with Crippen molar-refractivity contribution in [2.75, 3.05) is 63.0 Å². The quantitative estimate of drug-likeness (QED) is 0.478. The van der Waals surface area contributed by atoms with Crippen molar-refractivity contribution >= 4 is 23.4 Å². The molecule has 33 heavy (non-hydrogen) atoms. The molecule has 8 nitrogen and oxygen atoms in total. The predicted octanol–water partition coefficient (Wildman–Crippen LogP) is 3.70. The third kappa shape index (κ3) is 8.85. The van der Waals surface area contributed by atoms with Crippen LogP contribution in [0.3, 0.4) is 0 Å². The normalized spacial score (nSPS) is 21.9. The largest absolute Gasteiger partial charge is 0.337 e.